The van der Waals surface area contributed by atoms with Crippen LogP contribution in [-0.4, -0.2) is 42.7 Å². The number of aromatic nitrogens is 3. The standard InChI is InChI=1S/C23H35N5O2S2/c1-4-6-14-18-19(21(29)30-5-2)20(26-22(31)27-28-15-24-25-16-28)32-23(18,3)17-12-10-8-7-9-11-13-17/h8-9,15-20H,4-6,10-14H2,1-3H3,(H2,26,27,31). The first-order chi connectivity index (χ1) is 15.5. The second kappa shape index (κ2) is 11.9. The monoisotopic (exact) mass is 477 g/mol. The molecule has 9 heteroatoms. The van der Waals surface area contributed by atoms with E-state index in [0.29, 0.717) is 17.6 Å². The molecule has 1 aliphatic heterocycles. The molecule has 32 heavy (non-hydrogen) atoms. The molecule has 176 valence electrons. The van der Waals surface area contributed by atoms with Gasteiger partial charge in [-0.05, 0) is 82.2 Å². The summed E-state index contributed by atoms with van der Waals surface area (Å²) in [4.78, 5) is 13.2. The Balaban J connectivity index is 1.87. The van der Waals surface area contributed by atoms with E-state index in [9.17, 15) is 4.79 Å². The highest BCUT2D eigenvalue weighted by molar-refractivity contribution is 8.01. The fourth-order valence-electron chi connectivity index (χ4n) is 5.01. The van der Waals surface area contributed by atoms with Crippen molar-refractivity contribution >= 4 is 35.1 Å². The lowest BCUT2D eigenvalue weighted by molar-refractivity contribution is -0.150. The summed E-state index contributed by atoms with van der Waals surface area (Å²) in [5.41, 5.74) is 6.33. The number of unbranched alkanes of at least 4 members (excludes halogenated alkanes) is 1. The average Bonchev–Trinajstić information content (AvgIpc) is 3.32. The van der Waals surface area contributed by atoms with Gasteiger partial charge in [-0.3, -0.25) is 10.2 Å². The van der Waals surface area contributed by atoms with Crippen molar-refractivity contribution in [3.05, 3.63) is 30.5 Å². The Morgan fingerprint density at radius 1 is 1.28 bits per heavy atom. The van der Waals surface area contributed by atoms with Gasteiger partial charge >= 0.3 is 5.97 Å². The van der Waals surface area contributed by atoms with Crippen molar-refractivity contribution in [3.8, 4) is 0 Å². The van der Waals surface area contributed by atoms with Crippen LogP contribution in [0.4, 0.5) is 0 Å². The number of nitrogens with one attached hydrogen (secondary N) is 2. The molecule has 1 aromatic heterocycles. The molecule has 4 unspecified atom stereocenters. The predicted molar refractivity (Wildman–Crippen MR) is 133 cm³/mol. The van der Waals surface area contributed by atoms with E-state index in [-0.39, 0.29) is 27.9 Å². The van der Waals surface area contributed by atoms with Crippen molar-refractivity contribution in [2.45, 2.75) is 75.8 Å². The molecule has 7 nitrogen and oxygen atoms in total. The van der Waals surface area contributed by atoms with Crippen LogP contribution < -0.4 is 10.7 Å². The first-order valence-electron chi connectivity index (χ1n) is 11.7. The molecule has 1 fully saturated rings. The highest BCUT2D eigenvalue weighted by Gasteiger charge is 2.57. The van der Waals surface area contributed by atoms with E-state index in [1.54, 1.807) is 17.3 Å². The van der Waals surface area contributed by atoms with E-state index in [2.05, 4.69) is 52.7 Å². The van der Waals surface area contributed by atoms with Gasteiger partial charge in [-0.15, -0.1) is 27.7 Å². The van der Waals surface area contributed by atoms with E-state index in [1.807, 2.05) is 18.7 Å². The number of carbonyl (C=O) groups excluding carboxylic acids is 1. The zero-order valence-electron chi connectivity index (χ0n) is 19.3. The van der Waals surface area contributed by atoms with E-state index in [4.69, 9.17) is 17.0 Å². The highest BCUT2D eigenvalue weighted by Crippen LogP contribution is 2.58. The smallest absolute Gasteiger partial charge is 0.312 e. The van der Waals surface area contributed by atoms with Crippen LogP contribution in [-0.2, 0) is 9.53 Å². The highest BCUT2D eigenvalue weighted by atomic mass is 32.2. The lowest BCUT2D eigenvalue weighted by Gasteiger charge is -2.40. The normalized spacial score (nSPS) is 29.8. The number of rotatable bonds is 8. The molecule has 3 rings (SSSR count). The molecule has 1 aliphatic carbocycles. The second-order valence-electron chi connectivity index (χ2n) is 8.63. The fraction of sp³-hybridized carbons (Fsp3) is 0.696. The third-order valence-corrected chi connectivity index (χ3v) is 8.61. The molecule has 2 N–H and O–H groups in total. The van der Waals surface area contributed by atoms with Crippen LogP contribution in [0, 0.1) is 17.8 Å². The topological polar surface area (TPSA) is 81.1 Å². The van der Waals surface area contributed by atoms with Crippen molar-refractivity contribution in [1.29, 1.82) is 0 Å². The third kappa shape index (κ3) is 5.94. The van der Waals surface area contributed by atoms with Crippen LogP contribution >= 0.6 is 24.0 Å². The summed E-state index contributed by atoms with van der Waals surface area (Å²) in [6.45, 7) is 6.82. The molecule has 4 atom stereocenters. The zero-order valence-corrected chi connectivity index (χ0v) is 20.9. The van der Waals surface area contributed by atoms with Gasteiger partial charge in [-0.25, -0.2) is 4.68 Å². The van der Waals surface area contributed by atoms with Crippen molar-refractivity contribution < 1.29 is 9.53 Å². The number of esters is 1. The summed E-state index contributed by atoms with van der Waals surface area (Å²) in [6, 6.07) is 0. The van der Waals surface area contributed by atoms with E-state index in [0.717, 1.165) is 44.9 Å². The van der Waals surface area contributed by atoms with Gasteiger partial charge < -0.3 is 10.1 Å². The lowest BCUT2D eigenvalue weighted by atomic mass is 9.70. The lowest BCUT2D eigenvalue weighted by Crippen LogP contribution is -2.45. The second-order valence-corrected chi connectivity index (χ2v) is 10.7. The molecule has 0 spiro atoms. The molecule has 2 aliphatic rings. The minimum absolute atomic E-state index is 0.0462. The van der Waals surface area contributed by atoms with Gasteiger partial charge in [-0.2, -0.15) is 0 Å². The quantitative estimate of drug-likeness (QED) is 0.324. The Bertz CT molecular complexity index is 812. The molecule has 1 saturated heterocycles. The van der Waals surface area contributed by atoms with Gasteiger partial charge in [0.25, 0.3) is 0 Å². The maximum Gasteiger partial charge on any atom is 0.312 e. The van der Waals surface area contributed by atoms with Crippen LogP contribution in [0.2, 0.25) is 0 Å². The minimum atomic E-state index is -0.256. The zero-order chi connectivity index (χ0) is 23.0. The Morgan fingerprint density at radius 3 is 2.59 bits per heavy atom. The number of ether oxygens (including phenoxy) is 1. The summed E-state index contributed by atoms with van der Waals surface area (Å²) in [5, 5.41) is 11.3. The van der Waals surface area contributed by atoms with Crippen molar-refractivity contribution in [2.75, 3.05) is 12.0 Å². The first-order valence-corrected chi connectivity index (χ1v) is 12.9. The number of hydrogen-bond donors (Lipinski definition) is 2. The molecular weight excluding hydrogens is 442 g/mol. The average molecular weight is 478 g/mol. The first kappa shape index (κ1) is 24.8. The summed E-state index contributed by atoms with van der Waals surface area (Å²) in [7, 11) is 0. The predicted octanol–water partition coefficient (Wildman–Crippen LogP) is 4.41. The number of carbonyl (C=O) groups is 1. The summed E-state index contributed by atoms with van der Waals surface area (Å²) >= 11 is 7.43. The maximum atomic E-state index is 13.2. The summed E-state index contributed by atoms with van der Waals surface area (Å²) in [5.74, 6) is 0.347. The Labute approximate surface area is 200 Å². The SMILES string of the molecule is CCCCC1C(C(=O)OCC)C(NC(=S)Nn2cnnc2)SC1(C)C1CCC=C=CCC1. The molecule has 0 aromatic carbocycles. The van der Waals surface area contributed by atoms with Gasteiger partial charge in [0.15, 0.2) is 5.11 Å². The van der Waals surface area contributed by atoms with Gasteiger partial charge in [-0.1, -0.05) is 19.8 Å². The Morgan fingerprint density at radius 2 is 1.97 bits per heavy atom. The van der Waals surface area contributed by atoms with E-state index < -0.39 is 0 Å². The van der Waals surface area contributed by atoms with Crippen molar-refractivity contribution in [2.24, 2.45) is 17.8 Å². The van der Waals surface area contributed by atoms with Gasteiger partial charge in [0, 0.05) is 4.75 Å². The molecule has 0 saturated carbocycles. The van der Waals surface area contributed by atoms with E-state index in [1.165, 1.54) is 0 Å². The van der Waals surface area contributed by atoms with Gasteiger partial charge in [0.2, 0.25) is 0 Å². The minimum Gasteiger partial charge on any atom is -0.466 e. The number of thiocarbonyl (C=S) groups is 1. The van der Waals surface area contributed by atoms with Crippen LogP contribution in [0.15, 0.2) is 30.5 Å². The Kier molecular flexibility index (Phi) is 9.20. The maximum absolute atomic E-state index is 13.2. The molecular formula is C23H35N5O2S2. The van der Waals surface area contributed by atoms with Crippen molar-refractivity contribution in [1.82, 2.24) is 20.2 Å². The number of allylic oxidation sites excluding steroid dienone is 1. The number of hydrogen-bond acceptors (Lipinski definition) is 6. The van der Waals surface area contributed by atoms with Crippen molar-refractivity contribution in [3.63, 3.8) is 0 Å². The van der Waals surface area contributed by atoms with Crippen LogP contribution in [0.3, 0.4) is 0 Å². The van der Waals surface area contributed by atoms with Crippen LogP contribution in [0.25, 0.3) is 0 Å². The summed E-state index contributed by atoms with van der Waals surface area (Å²) < 4.78 is 7.12. The number of thioether (sulfide) groups is 1. The Hall–Kier alpha value is -1.83. The molecule has 0 amide bonds. The molecule has 1 aromatic rings. The molecule has 0 bridgehead atoms. The van der Waals surface area contributed by atoms with Crippen LogP contribution in [0.1, 0.15) is 65.7 Å². The fourth-order valence-corrected chi connectivity index (χ4v) is 7.36. The number of nitrogens with zero attached hydrogens (tertiary/aromatic N) is 3. The van der Waals surface area contributed by atoms with Crippen LogP contribution in [0.5, 0.6) is 0 Å². The third-order valence-electron chi connectivity index (χ3n) is 6.59. The van der Waals surface area contributed by atoms with E-state index >= 15 is 0 Å². The molecule has 2 heterocycles. The van der Waals surface area contributed by atoms with Gasteiger partial charge in [0.05, 0.1) is 17.9 Å². The van der Waals surface area contributed by atoms with Gasteiger partial charge in [0.1, 0.15) is 12.7 Å². The molecule has 0 radical (unpaired) electrons. The summed E-state index contributed by atoms with van der Waals surface area (Å²) in [6.07, 6.45) is 14.9. The largest absolute Gasteiger partial charge is 0.466 e.